The molecule has 0 atom stereocenters. The Balaban J connectivity index is 2.31. The second kappa shape index (κ2) is 9.43. The fourth-order valence-corrected chi connectivity index (χ4v) is 4.27. The number of anilines is 2. The van der Waals surface area contributed by atoms with Crippen molar-refractivity contribution in [3.63, 3.8) is 0 Å². The lowest BCUT2D eigenvalue weighted by Crippen LogP contribution is -2.16. The molecular formula is C20H25BrN2O4S. The molecule has 0 radical (unpaired) electrons. The van der Waals surface area contributed by atoms with E-state index < -0.39 is 10.0 Å². The number of rotatable bonds is 8. The van der Waals surface area contributed by atoms with E-state index in [-0.39, 0.29) is 16.6 Å². The van der Waals surface area contributed by atoms with Crippen molar-refractivity contribution in [2.75, 3.05) is 17.1 Å². The maximum Gasteiger partial charge on any atom is 0.265 e. The summed E-state index contributed by atoms with van der Waals surface area (Å²) < 4.78 is 34.4. The van der Waals surface area contributed by atoms with Crippen molar-refractivity contribution in [2.45, 2.75) is 38.5 Å². The first-order chi connectivity index (χ1) is 13.1. The average Bonchev–Trinajstić information content (AvgIpc) is 2.63. The molecule has 0 bridgehead atoms. The summed E-state index contributed by atoms with van der Waals surface area (Å²) >= 11 is 3.35. The van der Waals surface area contributed by atoms with Gasteiger partial charge in [0.25, 0.3) is 10.0 Å². The zero-order valence-corrected chi connectivity index (χ0v) is 18.8. The van der Waals surface area contributed by atoms with Gasteiger partial charge in [0, 0.05) is 16.6 Å². The Labute approximate surface area is 174 Å². The minimum Gasteiger partial charge on any atom is -0.495 e. The molecule has 6 nitrogen and oxygen atoms in total. The van der Waals surface area contributed by atoms with E-state index >= 15 is 0 Å². The number of nitrogens with one attached hydrogen (secondary N) is 2. The van der Waals surface area contributed by atoms with E-state index in [0.29, 0.717) is 28.2 Å². The predicted octanol–water partition coefficient (Wildman–Crippen LogP) is 4.94. The van der Waals surface area contributed by atoms with E-state index in [0.717, 1.165) is 12.0 Å². The summed E-state index contributed by atoms with van der Waals surface area (Å²) in [6.07, 6.45) is 1.14. The van der Waals surface area contributed by atoms with E-state index in [1.807, 2.05) is 26.8 Å². The molecule has 0 saturated carbocycles. The van der Waals surface area contributed by atoms with Gasteiger partial charge >= 0.3 is 0 Å². The molecule has 2 aromatic rings. The van der Waals surface area contributed by atoms with Crippen LogP contribution in [-0.2, 0) is 14.8 Å². The quantitative estimate of drug-likeness (QED) is 0.574. The van der Waals surface area contributed by atoms with E-state index in [4.69, 9.17) is 4.74 Å². The Morgan fingerprint density at radius 3 is 2.54 bits per heavy atom. The first-order valence-electron chi connectivity index (χ1n) is 8.89. The lowest BCUT2D eigenvalue weighted by molar-refractivity contribution is -0.116. The van der Waals surface area contributed by atoms with Crippen LogP contribution in [0.15, 0.2) is 45.8 Å². The normalized spacial score (nSPS) is 11.4. The standard InChI is InChI=1S/C20H25BrN2O4S/c1-13(2)5-10-20(24)22-15-7-9-18(27-4)19(12-15)28(25,26)23-17-11-14(3)6-8-16(17)21/h6-9,11-13,23H,5,10H2,1-4H3,(H,22,24). The average molecular weight is 469 g/mol. The number of halogens is 1. The van der Waals surface area contributed by atoms with Crippen molar-refractivity contribution in [1.29, 1.82) is 0 Å². The van der Waals surface area contributed by atoms with Gasteiger partial charge in [-0.1, -0.05) is 19.9 Å². The number of carbonyl (C=O) groups excluding carboxylic acids is 1. The van der Waals surface area contributed by atoms with Crippen molar-refractivity contribution in [2.24, 2.45) is 5.92 Å². The zero-order chi connectivity index (χ0) is 20.9. The fourth-order valence-electron chi connectivity index (χ4n) is 2.52. The van der Waals surface area contributed by atoms with Crippen molar-refractivity contribution in [3.05, 3.63) is 46.4 Å². The monoisotopic (exact) mass is 468 g/mol. The molecule has 8 heteroatoms. The number of benzene rings is 2. The maximum absolute atomic E-state index is 13.0. The van der Waals surface area contributed by atoms with Gasteiger partial charge in [-0.25, -0.2) is 8.42 Å². The highest BCUT2D eigenvalue weighted by Crippen LogP contribution is 2.31. The summed E-state index contributed by atoms with van der Waals surface area (Å²) in [5.74, 6) is 0.447. The van der Waals surface area contributed by atoms with E-state index in [1.54, 1.807) is 18.2 Å². The Hall–Kier alpha value is -2.06. The van der Waals surface area contributed by atoms with Crippen molar-refractivity contribution in [1.82, 2.24) is 0 Å². The minimum absolute atomic E-state index is 0.0509. The highest BCUT2D eigenvalue weighted by Gasteiger charge is 2.22. The predicted molar refractivity (Wildman–Crippen MR) is 115 cm³/mol. The second-order valence-corrected chi connectivity index (χ2v) is 9.44. The van der Waals surface area contributed by atoms with Gasteiger partial charge in [0.15, 0.2) is 0 Å². The van der Waals surface area contributed by atoms with Crippen LogP contribution in [0.5, 0.6) is 5.75 Å². The van der Waals surface area contributed by atoms with Gasteiger partial charge in [-0.3, -0.25) is 9.52 Å². The topological polar surface area (TPSA) is 84.5 Å². The molecule has 0 fully saturated rings. The molecule has 0 aromatic heterocycles. The number of hydrogen-bond donors (Lipinski definition) is 2. The summed E-state index contributed by atoms with van der Waals surface area (Å²) in [6, 6.07) is 9.92. The van der Waals surface area contributed by atoms with Crippen LogP contribution >= 0.6 is 15.9 Å². The van der Waals surface area contributed by atoms with Crippen LogP contribution in [0.4, 0.5) is 11.4 Å². The lowest BCUT2D eigenvalue weighted by atomic mass is 10.1. The molecule has 2 rings (SSSR count). The number of sulfonamides is 1. The molecule has 2 aromatic carbocycles. The summed E-state index contributed by atoms with van der Waals surface area (Å²) in [7, 11) is -2.54. The van der Waals surface area contributed by atoms with Gasteiger partial charge in [0.05, 0.1) is 12.8 Å². The van der Waals surface area contributed by atoms with Crippen molar-refractivity contribution < 1.29 is 17.9 Å². The van der Waals surface area contributed by atoms with Crippen LogP contribution < -0.4 is 14.8 Å². The summed E-state index contributed by atoms with van der Waals surface area (Å²) in [5, 5.41) is 2.75. The molecule has 0 spiro atoms. The summed E-state index contributed by atoms with van der Waals surface area (Å²) in [6.45, 7) is 5.96. The van der Waals surface area contributed by atoms with Crippen molar-refractivity contribution in [3.8, 4) is 5.75 Å². The van der Waals surface area contributed by atoms with E-state index in [2.05, 4.69) is 26.0 Å². The first-order valence-corrected chi connectivity index (χ1v) is 11.2. The lowest BCUT2D eigenvalue weighted by Gasteiger charge is -2.15. The molecule has 0 saturated heterocycles. The van der Waals surface area contributed by atoms with Gasteiger partial charge in [-0.05, 0) is 71.1 Å². The van der Waals surface area contributed by atoms with Crippen LogP contribution in [0.3, 0.4) is 0 Å². The Morgan fingerprint density at radius 2 is 1.89 bits per heavy atom. The Morgan fingerprint density at radius 1 is 1.18 bits per heavy atom. The van der Waals surface area contributed by atoms with Crippen LogP contribution in [0, 0.1) is 12.8 Å². The van der Waals surface area contributed by atoms with Crippen molar-refractivity contribution >= 4 is 43.2 Å². The zero-order valence-electron chi connectivity index (χ0n) is 16.4. The highest BCUT2D eigenvalue weighted by atomic mass is 79.9. The van der Waals surface area contributed by atoms with Gasteiger partial charge in [0.1, 0.15) is 10.6 Å². The molecule has 1 amide bonds. The second-order valence-electron chi connectivity index (χ2n) is 6.94. The third-order valence-electron chi connectivity index (χ3n) is 4.05. The van der Waals surface area contributed by atoms with Crippen LogP contribution in [0.1, 0.15) is 32.3 Å². The molecule has 0 aliphatic carbocycles. The smallest absolute Gasteiger partial charge is 0.265 e. The molecule has 0 heterocycles. The Bertz CT molecular complexity index is 959. The highest BCUT2D eigenvalue weighted by molar-refractivity contribution is 9.10. The first kappa shape index (κ1) is 22.2. The maximum atomic E-state index is 13.0. The summed E-state index contributed by atoms with van der Waals surface area (Å²) in [4.78, 5) is 12.0. The third-order valence-corrected chi connectivity index (χ3v) is 6.13. The van der Waals surface area contributed by atoms with Gasteiger partial charge in [-0.2, -0.15) is 0 Å². The molecule has 0 aliphatic heterocycles. The Kier molecular flexibility index (Phi) is 7.48. The largest absolute Gasteiger partial charge is 0.495 e. The SMILES string of the molecule is COc1ccc(NC(=O)CCC(C)C)cc1S(=O)(=O)Nc1cc(C)ccc1Br. The minimum atomic E-state index is -3.94. The number of methoxy groups -OCH3 is 1. The molecule has 28 heavy (non-hydrogen) atoms. The van der Waals surface area contributed by atoms with Gasteiger partial charge in [0.2, 0.25) is 5.91 Å². The third kappa shape index (κ3) is 5.97. The van der Waals surface area contributed by atoms with E-state index in [9.17, 15) is 13.2 Å². The number of hydrogen-bond acceptors (Lipinski definition) is 4. The van der Waals surface area contributed by atoms with Gasteiger partial charge < -0.3 is 10.1 Å². The molecule has 0 aliphatic rings. The molecule has 152 valence electrons. The molecule has 2 N–H and O–H groups in total. The molecular weight excluding hydrogens is 444 g/mol. The fraction of sp³-hybridized carbons (Fsp3) is 0.350. The number of ether oxygens (including phenoxy) is 1. The number of aryl methyl sites for hydroxylation is 1. The van der Waals surface area contributed by atoms with Gasteiger partial charge in [-0.15, -0.1) is 0 Å². The molecule has 0 unspecified atom stereocenters. The van der Waals surface area contributed by atoms with Crippen LogP contribution in [0.2, 0.25) is 0 Å². The number of carbonyl (C=O) groups is 1. The van der Waals surface area contributed by atoms with E-state index in [1.165, 1.54) is 19.2 Å². The number of amides is 1. The summed E-state index contributed by atoms with van der Waals surface area (Å²) in [5.41, 5.74) is 1.74. The van der Waals surface area contributed by atoms with Crippen LogP contribution in [-0.4, -0.2) is 21.4 Å². The van der Waals surface area contributed by atoms with Crippen LogP contribution in [0.25, 0.3) is 0 Å².